The summed E-state index contributed by atoms with van der Waals surface area (Å²) in [6, 6.07) is 14.7. The fourth-order valence-electron chi connectivity index (χ4n) is 2.81. The minimum atomic E-state index is -0.377. The van der Waals surface area contributed by atoms with E-state index in [0.29, 0.717) is 11.1 Å². The van der Waals surface area contributed by atoms with Crippen molar-refractivity contribution < 1.29 is 9.13 Å². The highest BCUT2D eigenvalue weighted by Crippen LogP contribution is 2.33. The van der Waals surface area contributed by atoms with Crippen LogP contribution in [0.25, 0.3) is 0 Å². The van der Waals surface area contributed by atoms with Gasteiger partial charge in [-0.3, -0.25) is 0 Å². The number of ether oxygens (including phenoxy) is 1. The Morgan fingerprint density at radius 2 is 2.10 bits per heavy atom. The van der Waals surface area contributed by atoms with Crippen molar-refractivity contribution in [2.45, 2.75) is 32.0 Å². The second-order valence-electron chi connectivity index (χ2n) is 5.31. The summed E-state index contributed by atoms with van der Waals surface area (Å²) >= 11 is 0. The standard InChI is InChI=1S/C18H16FNO/c19-17-10-13(11-20)8-9-15(17)12-21-18-7-3-5-14-4-1-2-6-16(14)18/h1-2,4,6,8-10,18H,3,5,7,12H2. The minimum absolute atomic E-state index is 0.0324. The first-order valence-electron chi connectivity index (χ1n) is 7.16. The van der Waals surface area contributed by atoms with E-state index in [1.165, 1.54) is 17.2 Å². The maximum absolute atomic E-state index is 13.9. The summed E-state index contributed by atoms with van der Waals surface area (Å²) in [5.74, 6) is -0.377. The van der Waals surface area contributed by atoms with E-state index in [1.54, 1.807) is 12.1 Å². The Labute approximate surface area is 123 Å². The Hall–Kier alpha value is -2.18. The molecule has 1 atom stereocenters. The quantitative estimate of drug-likeness (QED) is 0.840. The maximum atomic E-state index is 13.9. The Morgan fingerprint density at radius 1 is 1.24 bits per heavy atom. The molecule has 0 fully saturated rings. The lowest BCUT2D eigenvalue weighted by Crippen LogP contribution is -2.13. The highest BCUT2D eigenvalue weighted by Gasteiger charge is 2.20. The predicted octanol–water partition coefficient (Wildman–Crippen LogP) is 4.29. The number of benzene rings is 2. The zero-order chi connectivity index (χ0) is 14.7. The molecule has 0 saturated heterocycles. The SMILES string of the molecule is N#Cc1ccc(COC2CCCc3ccccc32)c(F)c1. The Morgan fingerprint density at radius 3 is 2.90 bits per heavy atom. The third-order valence-electron chi connectivity index (χ3n) is 3.94. The molecule has 2 aromatic carbocycles. The molecular weight excluding hydrogens is 265 g/mol. The first kappa shape index (κ1) is 13.8. The lowest BCUT2D eigenvalue weighted by molar-refractivity contribution is 0.0268. The number of aryl methyl sites for hydroxylation is 1. The van der Waals surface area contributed by atoms with Gasteiger partial charge in [0.25, 0.3) is 0 Å². The fraction of sp³-hybridized carbons (Fsp3) is 0.278. The lowest BCUT2D eigenvalue weighted by Gasteiger charge is -2.25. The molecule has 106 valence electrons. The highest BCUT2D eigenvalue weighted by atomic mass is 19.1. The third-order valence-corrected chi connectivity index (χ3v) is 3.94. The van der Waals surface area contributed by atoms with Gasteiger partial charge in [0.15, 0.2) is 0 Å². The Kier molecular flexibility index (Phi) is 3.98. The number of halogens is 1. The molecule has 0 heterocycles. The number of fused-ring (bicyclic) bond motifs is 1. The molecule has 0 saturated carbocycles. The summed E-state index contributed by atoms with van der Waals surface area (Å²) in [5, 5.41) is 8.75. The van der Waals surface area contributed by atoms with Crippen molar-refractivity contribution in [3.63, 3.8) is 0 Å². The summed E-state index contributed by atoms with van der Waals surface area (Å²) in [6.07, 6.45) is 3.18. The summed E-state index contributed by atoms with van der Waals surface area (Å²) in [7, 11) is 0. The summed E-state index contributed by atoms with van der Waals surface area (Å²) in [5.41, 5.74) is 3.38. The van der Waals surface area contributed by atoms with Gasteiger partial charge in [-0.25, -0.2) is 4.39 Å². The molecule has 2 nitrogen and oxygen atoms in total. The van der Waals surface area contributed by atoms with Gasteiger partial charge in [-0.2, -0.15) is 5.26 Å². The van der Waals surface area contributed by atoms with E-state index < -0.39 is 0 Å². The van der Waals surface area contributed by atoms with E-state index in [-0.39, 0.29) is 18.5 Å². The maximum Gasteiger partial charge on any atom is 0.130 e. The third kappa shape index (κ3) is 2.96. The van der Waals surface area contributed by atoms with Gasteiger partial charge in [0.05, 0.1) is 24.3 Å². The van der Waals surface area contributed by atoms with Crippen molar-refractivity contribution in [2.75, 3.05) is 0 Å². The largest absolute Gasteiger partial charge is 0.369 e. The van der Waals surface area contributed by atoms with Crippen molar-refractivity contribution in [1.82, 2.24) is 0 Å². The smallest absolute Gasteiger partial charge is 0.130 e. The molecule has 0 amide bonds. The van der Waals surface area contributed by atoms with Gasteiger partial charge in [0.2, 0.25) is 0 Å². The van der Waals surface area contributed by atoms with Crippen LogP contribution in [0.1, 0.15) is 41.2 Å². The molecule has 1 aliphatic carbocycles. The van der Waals surface area contributed by atoms with Crippen LogP contribution in [0.4, 0.5) is 4.39 Å². The highest BCUT2D eigenvalue weighted by molar-refractivity contribution is 5.33. The van der Waals surface area contributed by atoms with Crippen LogP contribution in [0, 0.1) is 17.1 Å². The molecule has 0 radical (unpaired) electrons. The minimum Gasteiger partial charge on any atom is -0.369 e. The van der Waals surface area contributed by atoms with Crippen molar-refractivity contribution in [3.05, 3.63) is 70.5 Å². The van der Waals surface area contributed by atoms with E-state index in [0.717, 1.165) is 19.3 Å². The van der Waals surface area contributed by atoms with E-state index in [9.17, 15) is 4.39 Å². The second-order valence-corrected chi connectivity index (χ2v) is 5.31. The van der Waals surface area contributed by atoms with Gasteiger partial charge >= 0.3 is 0 Å². The monoisotopic (exact) mass is 281 g/mol. The van der Waals surface area contributed by atoms with Crippen LogP contribution < -0.4 is 0 Å². The molecule has 0 aromatic heterocycles. The lowest BCUT2D eigenvalue weighted by atomic mass is 9.89. The van der Waals surface area contributed by atoms with Crippen LogP contribution in [0.3, 0.4) is 0 Å². The molecule has 0 N–H and O–H groups in total. The van der Waals surface area contributed by atoms with E-state index >= 15 is 0 Å². The van der Waals surface area contributed by atoms with Crippen LogP contribution >= 0.6 is 0 Å². The topological polar surface area (TPSA) is 33.0 Å². The van der Waals surface area contributed by atoms with Gasteiger partial charge in [0, 0.05) is 5.56 Å². The van der Waals surface area contributed by atoms with Gasteiger partial charge in [-0.1, -0.05) is 30.3 Å². The van der Waals surface area contributed by atoms with Crippen LogP contribution in [0.5, 0.6) is 0 Å². The number of nitrogens with zero attached hydrogens (tertiary/aromatic N) is 1. The van der Waals surface area contributed by atoms with Crippen LogP contribution in [0.2, 0.25) is 0 Å². The number of hydrogen-bond acceptors (Lipinski definition) is 2. The van der Waals surface area contributed by atoms with Gasteiger partial charge in [-0.15, -0.1) is 0 Å². The van der Waals surface area contributed by atoms with Crippen molar-refractivity contribution in [1.29, 1.82) is 5.26 Å². The summed E-state index contributed by atoms with van der Waals surface area (Å²) in [4.78, 5) is 0. The van der Waals surface area contributed by atoms with E-state index in [4.69, 9.17) is 10.00 Å². The molecule has 2 aromatic rings. The normalized spacial score (nSPS) is 17.0. The van der Waals surface area contributed by atoms with E-state index in [1.807, 2.05) is 18.2 Å². The summed E-state index contributed by atoms with van der Waals surface area (Å²) < 4.78 is 19.8. The van der Waals surface area contributed by atoms with Crippen LogP contribution in [-0.2, 0) is 17.8 Å². The molecule has 3 heteroatoms. The summed E-state index contributed by atoms with van der Waals surface area (Å²) in [6.45, 7) is 0.233. The van der Waals surface area contributed by atoms with Gasteiger partial charge in [0.1, 0.15) is 5.82 Å². The second kappa shape index (κ2) is 6.07. The van der Waals surface area contributed by atoms with Crippen molar-refractivity contribution in [3.8, 4) is 6.07 Å². The molecule has 1 unspecified atom stereocenters. The number of hydrogen-bond donors (Lipinski definition) is 0. The molecule has 3 rings (SSSR count). The number of nitriles is 1. The molecule has 1 aliphatic rings. The molecule has 0 aliphatic heterocycles. The predicted molar refractivity (Wildman–Crippen MR) is 78.0 cm³/mol. The zero-order valence-corrected chi connectivity index (χ0v) is 11.7. The average Bonchev–Trinajstić information content (AvgIpc) is 2.53. The first-order chi connectivity index (χ1) is 10.3. The van der Waals surface area contributed by atoms with E-state index in [2.05, 4.69) is 12.1 Å². The molecule has 0 bridgehead atoms. The van der Waals surface area contributed by atoms with Crippen molar-refractivity contribution in [2.24, 2.45) is 0 Å². The molecule has 21 heavy (non-hydrogen) atoms. The molecular formula is C18H16FNO. The van der Waals surface area contributed by atoms with Gasteiger partial charge in [-0.05, 0) is 42.5 Å². The Balaban J connectivity index is 1.73. The van der Waals surface area contributed by atoms with Crippen LogP contribution in [-0.4, -0.2) is 0 Å². The number of rotatable bonds is 3. The fourth-order valence-corrected chi connectivity index (χ4v) is 2.81. The molecule has 0 spiro atoms. The zero-order valence-electron chi connectivity index (χ0n) is 11.7. The van der Waals surface area contributed by atoms with Crippen molar-refractivity contribution >= 4 is 0 Å². The van der Waals surface area contributed by atoms with Gasteiger partial charge < -0.3 is 4.74 Å². The first-order valence-corrected chi connectivity index (χ1v) is 7.16. The van der Waals surface area contributed by atoms with Crippen LogP contribution in [0.15, 0.2) is 42.5 Å². The Bertz CT molecular complexity index is 690. The average molecular weight is 281 g/mol.